The summed E-state index contributed by atoms with van der Waals surface area (Å²) in [4.78, 5) is 29.2. The Labute approximate surface area is 338 Å². The minimum absolute atomic E-state index is 0. The van der Waals surface area contributed by atoms with Crippen LogP contribution in [-0.4, -0.2) is 67.1 Å². The lowest BCUT2D eigenvalue weighted by Gasteiger charge is -2.57. The van der Waals surface area contributed by atoms with Gasteiger partial charge in [-0.2, -0.15) is 0 Å². The first kappa shape index (κ1) is 41.9. The number of likely N-dealkylation sites (tertiary alicyclic amines) is 1. The van der Waals surface area contributed by atoms with Gasteiger partial charge in [-0.15, -0.1) is 12.4 Å². The fourth-order valence-corrected chi connectivity index (χ4v) is 10.7. The van der Waals surface area contributed by atoms with Crippen LogP contribution < -0.4 is 14.9 Å². The predicted molar refractivity (Wildman–Crippen MR) is 223 cm³/mol. The molecular weight excluding hydrogens is 750 g/mol. The second-order valence-corrected chi connectivity index (χ2v) is 19.0. The van der Waals surface area contributed by atoms with Gasteiger partial charge in [0.1, 0.15) is 5.69 Å². The molecular formula is C43H58ClN5O6S. The highest BCUT2D eigenvalue weighted by atomic mass is 35.5. The lowest BCUT2D eigenvalue weighted by Crippen LogP contribution is -2.56. The molecule has 3 aromatic rings. The maximum atomic E-state index is 13.2. The van der Waals surface area contributed by atoms with Crippen molar-refractivity contribution in [3.8, 4) is 0 Å². The summed E-state index contributed by atoms with van der Waals surface area (Å²) in [7, 11) is -4.38. The Hall–Kier alpha value is -3.71. The standard InChI is InChI=1S/C43H57N5O6S.ClH/c1-30(2)36-8-4-5-9-37(36)39-10-6-7-23-47(39)34-27-43(28-34)21-24-46(25-22-43)33-13-11-32(12-14-33)41(49)45-55(53,54)35-15-16-38(40(26-35)48(51)52)44-29-31-17-19-42(3,50)20-18-31;/h4-5,8-9,11-16,26,30-31,34,39,44,50H,6-7,10,17-25,27-29H2,1-3H3,(H,45,49);1H/t31?,39-,42?;/m1./s1. The third-order valence-electron chi connectivity index (χ3n) is 13.1. The molecule has 3 aromatic carbocycles. The number of nitrogens with zero attached hydrogens (tertiary/aromatic N) is 3. The smallest absolute Gasteiger partial charge is 0.293 e. The molecule has 1 spiro atoms. The number of rotatable bonds is 11. The lowest BCUT2D eigenvalue weighted by molar-refractivity contribution is -0.384. The Balaban J connectivity index is 0.00000532. The van der Waals surface area contributed by atoms with E-state index < -0.39 is 26.5 Å². The minimum atomic E-state index is -4.38. The summed E-state index contributed by atoms with van der Waals surface area (Å²) in [6, 6.07) is 20.8. The SMILES string of the molecule is CC(C)c1ccccc1[C@H]1CCCCN1C1CC2(CCN(c3ccc(C(=O)NS(=O)(=O)c4ccc(NCC5CCC(C)(O)CC5)c([N+](=O)[O-])c4)cc3)CC2)C1.Cl. The van der Waals surface area contributed by atoms with Crippen molar-refractivity contribution in [1.82, 2.24) is 9.62 Å². The third kappa shape index (κ3) is 9.19. The van der Waals surface area contributed by atoms with Gasteiger partial charge in [0.05, 0.1) is 15.4 Å². The molecule has 0 unspecified atom stereocenters. The molecule has 7 rings (SSSR count). The first-order chi connectivity index (χ1) is 26.2. The first-order valence-electron chi connectivity index (χ1n) is 20.2. The quantitative estimate of drug-likeness (QED) is 0.128. The Kier molecular flexibility index (Phi) is 12.7. The zero-order valence-corrected chi connectivity index (χ0v) is 34.5. The van der Waals surface area contributed by atoms with Crippen molar-refractivity contribution in [1.29, 1.82) is 0 Å². The molecule has 1 atom stereocenters. The molecule has 1 amide bonds. The van der Waals surface area contributed by atoms with Crippen LogP contribution in [0.2, 0.25) is 0 Å². The van der Waals surface area contributed by atoms with E-state index in [1.807, 2.05) is 19.1 Å². The van der Waals surface area contributed by atoms with Gasteiger partial charge in [0.15, 0.2) is 0 Å². The number of hydrogen-bond acceptors (Lipinski definition) is 9. The highest BCUT2D eigenvalue weighted by Gasteiger charge is 2.49. The molecule has 4 aliphatic rings. The number of halogens is 1. The summed E-state index contributed by atoms with van der Waals surface area (Å²) in [5, 5.41) is 25.2. The van der Waals surface area contributed by atoms with E-state index in [0.717, 1.165) is 50.5 Å². The average molecular weight is 808 g/mol. The van der Waals surface area contributed by atoms with Crippen LogP contribution in [0, 0.1) is 21.4 Å². The van der Waals surface area contributed by atoms with E-state index in [0.29, 0.717) is 42.8 Å². The molecule has 11 nitrogen and oxygen atoms in total. The van der Waals surface area contributed by atoms with Crippen LogP contribution in [0.5, 0.6) is 0 Å². The summed E-state index contributed by atoms with van der Waals surface area (Å²) in [6.07, 6.45) is 11.5. The normalized spacial score (nSPS) is 24.3. The van der Waals surface area contributed by atoms with Crippen LogP contribution in [0.25, 0.3) is 0 Å². The topological polar surface area (TPSA) is 145 Å². The van der Waals surface area contributed by atoms with Crippen LogP contribution in [0.3, 0.4) is 0 Å². The van der Waals surface area contributed by atoms with E-state index in [9.17, 15) is 28.4 Å². The highest BCUT2D eigenvalue weighted by molar-refractivity contribution is 7.90. The molecule has 0 bridgehead atoms. The first-order valence-corrected chi connectivity index (χ1v) is 21.7. The highest BCUT2D eigenvalue weighted by Crippen LogP contribution is 2.54. The summed E-state index contributed by atoms with van der Waals surface area (Å²) in [5.74, 6) is -0.0355. The van der Waals surface area contributed by atoms with Crippen molar-refractivity contribution in [3.05, 3.63) is 93.5 Å². The number of sulfonamides is 1. The van der Waals surface area contributed by atoms with E-state index >= 15 is 0 Å². The third-order valence-corrected chi connectivity index (χ3v) is 14.4. The molecule has 13 heteroatoms. The monoisotopic (exact) mass is 807 g/mol. The molecule has 3 N–H and O–H groups in total. The number of carbonyl (C=O) groups excluding carboxylic acids is 1. The molecule has 2 saturated carbocycles. The van der Waals surface area contributed by atoms with E-state index in [2.05, 4.69) is 58.0 Å². The van der Waals surface area contributed by atoms with E-state index in [-0.39, 0.29) is 40.2 Å². The maximum Gasteiger partial charge on any atom is 0.293 e. The van der Waals surface area contributed by atoms with Crippen molar-refractivity contribution in [2.45, 2.75) is 120 Å². The van der Waals surface area contributed by atoms with Crippen molar-refractivity contribution in [2.24, 2.45) is 11.3 Å². The zero-order chi connectivity index (χ0) is 39.0. The second kappa shape index (κ2) is 17.0. The number of amides is 1. The van der Waals surface area contributed by atoms with Crippen LogP contribution in [-0.2, 0) is 10.0 Å². The Bertz CT molecular complexity index is 1960. The summed E-state index contributed by atoms with van der Waals surface area (Å²) < 4.78 is 28.5. The van der Waals surface area contributed by atoms with Crippen LogP contribution in [0.15, 0.2) is 71.6 Å². The van der Waals surface area contributed by atoms with Crippen molar-refractivity contribution >= 4 is 45.4 Å². The number of nitro groups is 1. The summed E-state index contributed by atoms with van der Waals surface area (Å²) >= 11 is 0. The van der Waals surface area contributed by atoms with Gasteiger partial charge in [-0.1, -0.05) is 44.5 Å². The van der Waals surface area contributed by atoms with Crippen molar-refractivity contribution in [2.75, 3.05) is 36.4 Å². The molecule has 2 aliphatic carbocycles. The molecule has 4 fully saturated rings. The average Bonchev–Trinajstić information content (AvgIpc) is 3.16. The minimum Gasteiger partial charge on any atom is -0.390 e. The number of hydrogen-bond donors (Lipinski definition) is 3. The number of piperidine rings is 2. The Morgan fingerprint density at radius 3 is 2.29 bits per heavy atom. The molecule has 0 radical (unpaired) electrons. The number of anilines is 2. The van der Waals surface area contributed by atoms with Crippen molar-refractivity contribution < 1.29 is 23.2 Å². The van der Waals surface area contributed by atoms with E-state index in [1.54, 1.807) is 12.1 Å². The Morgan fingerprint density at radius 2 is 1.62 bits per heavy atom. The molecule has 0 aromatic heterocycles. The van der Waals surface area contributed by atoms with Gasteiger partial charge < -0.3 is 15.3 Å². The molecule has 2 saturated heterocycles. The van der Waals surface area contributed by atoms with Gasteiger partial charge in [0, 0.05) is 49.0 Å². The van der Waals surface area contributed by atoms with E-state index in [4.69, 9.17) is 0 Å². The molecule has 2 aliphatic heterocycles. The number of carbonyl (C=O) groups is 1. The predicted octanol–water partition coefficient (Wildman–Crippen LogP) is 8.59. The number of nitro benzene ring substituents is 1. The molecule has 56 heavy (non-hydrogen) atoms. The van der Waals surface area contributed by atoms with Crippen LogP contribution in [0.1, 0.15) is 125 Å². The van der Waals surface area contributed by atoms with Crippen LogP contribution in [0.4, 0.5) is 17.1 Å². The summed E-state index contributed by atoms with van der Waals surface area (Å²) in [5.41, 5.74) is 3.74. The van der Waals surface area contributed by atoms with Crippen LogP contribution >= 0.6 is 12.4 Å². The molecule has 304 valence electrons. The Morgan fingerprint density at radius 1 is 0.946 bits per heavy atom. The van der Waals surface area contributed by atoms with Gasteiger partial charge in [0.25, 0.3) is 21.6 Å². The van der Waals surface area contributed by atoms with Gasteiger partial charge in [-0.25, -0.2) is 13.1 Å². The number of benzene rings is 3. The largest absolute Gasteiger partial charge is 0.390 e. The van der Waals surface area contributed by atoms with Gasteiger partial charge in [-0.3, -0.25) is 19.8 Å². The van der Waals surface area contributed by atoms with Gasteiger partial charge in [0.2, 0.25) is 0 Å². The fraction of sp³-hybridized carbons (Fsp3) is 0.558. The lowest BCUT2D eigenvalue weighted by atomic mass is 9.59. The maximum absolute atomic E-state index is 13.2. The summed E-state index contributed by atoms with van der Waals surface area (Å²) in [6.45, 7) is 9.96. The second-order valence-electron chi connectivity index (χ2n) is 17.3. The molecule has 2 heterocycles. The van der Waals surface area contributed by atoms with Crippen molar-refractivity contribution in [3.63, 3.8) is 0 Å². The van der Waals surface area contributed by atoms with E-state index in [1.165, 1.54) is 61.9 Å². The number of nitrogens with one attached hydrogen (secondary N) is 2. The van der Waals surface area contributed by atoms with Gasteiger partial charge in [-0.05, 0) is 142 Å². The fourth-order valence-electron chi connectivity index (χ4n) is 9.69. The van der Waals surface area contributed by atoms with Gasteiger partial charge >= 0.3 is 0 Å². The zero-order valence-electron chi connectivity index (χ0n) is 32.9. The number of aliphatic hydroxyl groups is 1.